The third-order valence-corrected chi connectivity index (χ3v) is 3.09. The molecule has 1 atom stereocenters. The molecule has 21 heavy (non-hydrogen) atoms. The van der Waals surface area contributed by atoms with E-state index >= 15 is 0 Å². The van der Waals surface area contributed by atoms with Gasteiger partial charge in [0.1, 0.15) is 12.4 Å². The summed E-state index contributed by atoms with van der Waals surface area (Å²) in [6.45, 7) is 2.33. The van der Waals surface area contributed by atoms with Crippen LogP contribution in [0.15, 0.2) is 42.5 Å². The lowest BCUT2D eigenvalue weighted by Gasteiger charge is -2.13. The van der Waals surface area contributed by atoms with E-state index in [1.54, 1.807) is 19.2 Å². The van der Waals surface area contributed by atoms with Gasteiger partial charge in [0.25, 0.3) is 0 Å². The first-order valence-corrected chi connectivity index (χ1v) is 6.88. The molecule has 0 fully saturated rings. The van der Waals surface area contributed by atoms with Crippen LogP contribution >= 0.6 is 0 Å². The van der Waals surface area contributed by atoms with Gasteiger partial charge in [-0.05, 0) is 48.7 Å². The predicted molar refractivity (Wildman–Crippen MR) is 81.1 cm³/mol. The Morgan fingerprint density at radius 3 is 2.33 bits per heavy atom. The number of nitrogens with two attached hydrogens (primary N) is 1. The van der Waals surface area contributed by atoms with Gasteiger partial charge in [-0.2, -0.15) is 0 Å². The van der Waals surface area contributed by atoms with Gasteiger partial charge in [0.05, 0.1) is 7.11 Å². The van der Waals surface area contributed by atoms with Gasteiger partial charge in [-0.15, -0.1) is 0 Å². The fourth-order valence-corrected chi connectivity index (χ4v) is 2.07. The summed E-state index contributed by atoms with van der Waals surface area (Å²) in [7, 11) is 1.61. The van der Waals surface area contributed by atoms with Crippen LogP contribution in [-0.2, 0) is 13.0 Å². The van der Waals surface area contributed by atoms with Crippen molar-refractivity contribution in [2.24, 2.45) is 5.73 Å². The smallest absolute Gasteiger partial charge is 0.161 e. The van der Waals surface area contributed by atoms with Crippen LogP contribution < -0.4 is 15.2 Å². The standard InChI is InChI=1S/C17H20FNO2/c1-12(19)9-14-5-8-16(17(10-14)20-2)21-11-13-3-6-15(18)7-4-13/h3-8,10,12H,9,11,19H2,1-2H3. The normalized spacial score (nSPS) is 12.0. The van der Waals surface area contributed by atoms with Crippen LogP contribution in [0.25, 0.3) is 0 Å². The van der Waals surface area contributed by atoms with Crippen LogP contribution in [0.4, 0.5) is 4.39 Å². The zero-order valence-corrected chi connectivity index (χ0v) is 12.3. The zero-order chi connectivity index (χ0) is 15.2. The molecule has 0 aliphatic carbocycles. The maximum atomic E-state index is 12.8. The number of ether oxygens (including phenoxy) is 2. The molecule has 4 heteroatoms. The molecule has 2 rings (SSSR count). The first-order valence-electron chi connectivity index (χ1n) is 6.88. The molecule has 0 bridgehead atoms. The topological polar surface area (TPSA) is 44.5 Å². The molecule has 0 aromatic heterocycles. The van der Waals surface area contributed by atoms with Crippen molar-refractivity contribution in [3.8, 4) is 11.5 Å². The lowest BCUT2D eigenvalue weighted by atomic mass is 10.1. The van der Waals surface area contributed by atoms with E-state index in [2.05, 4.69) is 0 Å². The zero-order valence-electron chi connectivity index (χ0n) is 12.3. The fraction of sp³-hybridized carbons (Fsp3) is 0.294. The molecule has 0 aliphatic heterocycles. The van der Waals surface area contributed by atoms with Crippen LogP contribution in [0.1, 0.15) is 18.1 Å². The molecule has 0 saturated carbocycles. The first-order chi connectivity index (χ1) is 10.1. The lowest BCUT2D eigenvalue weighted by Crippen LogP contribution is -2.17. The van der Waals surface area contributed by atoms with Crippen molar-refractivity contribution in [2.75, 3.05) is 7.11 Å². The van der Waals surface area contributed by atoms with E-state index in [1.165, 1.54) is 12.1 Å². The molecule has 0 aliphatic rings. The molecular weight excluding hydrogens is 269 g/mol. The number of hydrogen-bond donors (Lipinski definition) is 1. The molecule has 1 unspecified atom stereocenters. The Labute approximate surface area is 124 Å². The highest BCUT2D eigenvalue weighted by molar-refractivity contribution is 5.43. The van der Waals surface area contributed by atoms with Gasteiger partial charge in [0.2, 0.25) is 0 Å². The van der Waals surface area contributed by atoms with Crippen LogP contribution in [0.3, 0.4) is 0 Å². The van der Waals surface area contributed by atoms with Gasteiger partial charge in [-0.1, -0.05) is 18.2 Å². The van der Waals surface area contributed by atoms with Gasteiger partial charge in [-0.3, -0.25) is 0 Å². The molecule has 2 aromatic rings. The molecule has 0 spiro atoms. The van der Waals surface area contributed by atoms with E-state index < -0.39 is 0 Å². The summed E-state index contributed by atoms with van der Waals surface area (Å²) in [6.07, 6.45) is 0.786. The van der Waals surface area contributed by atoms with Crippen molar-refractivity contribution in [3.05, 3.63) is 59.4 Å². The second kappa shape index (κ2) is 7.09. The molecule has 0 radical (unpaired) electrons. The maximum Gasteiger partial charge on any atom is 0.161 e. The van der Waals surface area contributed by atoms with E-state index in [9.17, 15) is 4.39 Å². The van der Waals surface area contributed by atoms with E-state index in [0.29, 0.717) is 18.1 Å². The third-order valence-electron chi connectivity index (χ3n) is 3.09. The third kappa shape index (κ3) is 4.46. The van der Waals surface area contributed by atoms with Crippen LogP contribution in [0.5, 0.6) is 11.5 Å². The molecule has 112 valence electrons. The second-order valence-electron chi connectivity index (χ2n) is 5.08. The summed E-state index contributed by atoms with van der Waals surface area (Å²) < 4.78 is 23.9. The fourth-order valence-electron chi connectivity index (χ4n) is 2.07. The van der Waals surface area contributed by atoms with E-state index in [-0.39, 0.29) is 11.9 Å². The summed E-state index contributed by atoms with van der Waals surface area (Å²) in [5, 5.41) is 0. The molecule has 3 nitrogen and oxygen atoms in total. The molecule has 0 amide bonds. The monoisotopic (exact) mass is 289 g/mol. The number of methoxy groups -OCH3 is 1. The average Bonchev–Trinajstić information content (AvgIpc) is 2.47. The highest BCUT2D eigenvalue weighted by Gasteiger charge is 2.07. The number of halogens is 1. The Bertz CT molecular complexity index is 582. The van der Waals surface area contributed by atoms with Crippen LogP contribution in [0, 0.1) is 5.82 Å². The largest absolute Gasteiger partial charge is 0.493 e. The molecule has 0 heterocycles. The highest BCUT2D eigenvalue weighted by atomic mass is 19.1. The summed E-state index contributed by atoms with van der Waals surface area (Å²) in [4.78, 5) is 0. The molecule has 0 saturated heterocycles. The Kier molecular flexibility index (Phi) is 5.17. The Morgan fingerprint density at radius 2 is 1.71 bits per heavy atom. The maximum absolute atomic E-state index is 12.8. The van der Waals surface area contributed by atoms with E-state index in [4.69, 9.17) is 15.2 Å². The van der Waals surface area contributed by atoms with Crippen molar-refractivity contribution in [1.29, 1.82) is 0 Å². The van der Waals surface area contributed by atoms with Crippen molar-refractivity contribution in [2.45, 2.75) is 26.0 Å². The van der Waals surface area contributed by atoms with Gasteiger partial charge in [-0.25, -0.2) is 4.39 Å². The summed E-state index contributed by atoms with van der Waals surface area (Å²) in [5.41, 5.74) is 7.81. The van der Waals surface area contributed by atoms with Crippen molar-refractivity contribution >= 4 is 0 Å². The summed E-state index contributed by atoms with van der Waals surface area (Å²) in [5.74, 6) is 1.09. The Balaban J connectivity index is 2.07. The van der Waals surface area contributed by atoms with Gasteiger partial charge in [0.15, 0.2) is 11.5 Å². The minimum atomic E-state index is -0.253. The number of benzene rings is 2. The first kappa shape index (κ1) is 15.3. The highest BCUT2D eigenvalue weighted by Crippen LogP contribution is 2.29. The van der Waals surface area contributed by atoms with Gasteiger partial charge in [0, 0.05) is 6.04 Å². The Morgan fingerprint density at radius 1 is 1.05 bits per heavy atom. The molecular formula is C17H20FNO2. The van der Waals surface area contributed by atoms with Crippen molar-refractivity contribution in [1.82, 2.24) is 0 Å². The minimum Gasteiger partial charge on any atom is -0.493 e. The molecule has 2 N–H and O–H groups in total. The quantitative estimate of drug-likeness (QED) is 0.887. The Hall–Kier alpha value is -2.07. The van der Waals surface area contributed by atoms with E-state index in [1.807, 2.05) is 25.1 Å². The number of rotatable bonds is 6. The van der Waals surface area contributed by atoms with Gasteiger partial charge < -0.3 is 15.2 Å². The lowest BCUT2D eigenvalue weighted by molar-refractivity contribution is 0.284. The van der Waals surface area contributed by atoms with Crippen molar-refractivity contribution < 1.29 is 13.9 Å². The molecule has 2 aromatic carbocycles. The van der Waals surface area contributed by atoms with E-state index in [0.717, 1.165) is 17.5 Å². The van der Waals surface area contributed by atoms with Gasteiger partial charge >= 0.3 is 0 Å². The second-order valence-corrected chi connectivity index (χ2v) is 5.08. The summed E-state index contributed by atoms with van der Waals surface area (Å²) in [6, 6.07) is 12.1. The minimum absolute atomic E-state index is 0.0979. The van der Waals surface area contributed by atoms with Crippen LogP contribution in [-0.4, -0.2) is 13.2 Å². The summed E-state index contributed by atoms with van der Waals surface area (Å²) >= 11 is 0. The predicted octanol–water partition coefficient (Wildman–Crippen LogP) is 3.30. The van der Waals surface area contributed by atoms with Crippen molar-refractivity contribution in [3.63, 3.8) is 0 Å². The SMILES string of the molecule is COc1cc(CC(C)N)ccc1OCc1ccc(F)cc1. The average molecular weight is 289 g/mol. The number of hydrogen-bond acceptors (Lipinski definition) is 3. The van der Waals surface area contributed by atoms with Crippen LogP contribution in [0.2, 0.25) is 0 Å².